The summed E-state index contributed by atoms with van der Waals surface area (Å²) in [5, 5.41) is 31.1. The van der Waals surface area contributed by atoms with E-state index in [9.17, 15) is 37.8 Å². The number of amides is 2. The number of carbonyl (C=O) groups excluding carboxylic acids is 3. The Morgan fingerprint density at radius 3 is 1.65 bits per heavy atom. The molecule has 8 N–H and O–H groups in total. The van der Waals surface area contributed by atoms with Gasteiger partial charge in [0, 0.05) is 57.8 Å². The lowest BCUT2D eigenvalue weighted by Gasteiger charge is -2.36. The largest absolute Gasteiger partial charge is 0.508 e. The van der Waals surface area contributed by atoms with E-state index in [1.807, 2.05) is 74.3 Å². The van der Waals surface area contributed by atoms with Gasteiger partial charge in [-0.3, -0.25) is 29.9 Å². The molecule has 2 atom stereocenters. The average molecular weight is 1140 g/mol. The number of halogens is 6. The number of esters is 1. The molecular weight excluding hydrogens is 1060 g/mol. The first kappa shape index (κ1) is 73.2. The van der Waals surface area contributed by atoms with Crippen LogP contribution < -0.4 is 16.8 Å². The molecule has 3 aromatic carbocycles. The van der Waals surface area contributed by atoms with Crippen LogP contribution in [0.25, 0.3) is 0 Å². The molecule has 2 aliphatic carbocycles. The Hall–Kier alpha value is -5.91. The number of amidine groups is 1. The van der Waals surface area contributed by atoms with Crippen LogP contribution in [0.1, 0.15) is 147 Å². The van der Waals surface area contributed by atoms with Crippen LogP contribution in [0.4, 0.5) is 29.3 Å². The molecule has 0 spiro atoms. The highest BCUT2D eigenvalue weighted by atomic mass is 35.5. The molecule has 2 unspecified atom stereocenters. The van der Waals surface area contributed by atoms with E-state index in [1.54, 1.807) is 43.3 Å². The summed E-state index contributed by atoms with van der Waals surface area (Å²) in [7, 11) is 0. The molecule has 0 aliphatic heterocycles. The number of unbranched alkanes of at least 4 members (excludes halogenated alkanes) is 1. The van der Waals surface area contributed by atoms with E-state index < -0.39 is 53.4 Å². The van der Waals surface area contributed by atoms with E-state index in [0.717, 1.165) is 17.0 Å². The second kappa shape index (κ2) is 35.5. The summed E-state index contributed by atoms with van der Waals surface area (Å²) in [6.07, 6.45) is -1.00. The van der Waals surface area contributed by atoms with Crippen molar-refractivity contribution in [1.82, 2.24) is 10.2 Å². The molecule has 3 aromatic rings. The van der Waals surface area contributed by atoms with Crippen molar-refractivity contribution in [3.63, 3.8) is 0 Å². The number of phenolic OH excluding ortho intramolecular Hbond substituents is 1. The monoisotopic (exact) mass is 1140 g/mol. The van der Waals surface area contributed by atoms with Gasteiger partial charge in [-0.2, -0.15) is 13.2 Å². The number of urea groups is 1. The van der Waals surface area contributed by atoms with Crippen molar-refractivity contribution >= 4 is 88.2 Å². The fraction of sp³-hybridized carbons (Fsp3) is 0.491. The molecule has 0 heterocycles. The molecule has 2 fully saturated rings. The van der Waals surface area contributed by atoms with Crippen LogP contribution in [-0.4, -0.2) is 87.9 Å². The number of nitrogens with two attached hydrogens (primary N) is 2. The van der Waals surface area contributed by atoms with E-state index in [2.05, 4.69) is 24.2 Å². The van der Waals surface area contributed by atoms with Crippen molar-refractivity contribution in [3.05, 3.63) is 111 Å². The number of nitrogens with one attached hydrogen (secondary N) is 2. The van der Waals surface area contributed by atoms with Crippen LogP contribution in [0, 0.1) is 16.2 Å². The van der Waals surface area contributed by atoms with Gasteiger partial charge in [0.2, 0.25) is 0 Å². The highest BCUT2D eigenvalue weighted by molar-refractivity contribution is 6.31. The first-order chi connectivity index (χ1) is 35.6. The Morgan fingerprint density at radius 1 is 0.805 bits per heavy atom. The van der Waals surface area contributed by atoms with Crippen molar-refractivity contribution < 1.29 is 47.3 Å². The predicted molar refractivity (Wildman–Crippen MR) is 310 cm³/mol. The van der Waals surface area contributed by atoms with Gasteiger partial charge in [0.05, 0.1) is 41.1 Å². The molecule has 5 rings (SSSR count). The van der Waals surface area contributed by atoms with Gasteiger partial charge >= 0.3 is 24.1 Å². The second-order valence-corrected chi connectivity index (χ2v) is 19.7. The summed E-state index contributed by atoms with van der Waals surface area (Å²) < 4.78 is 44.5. The average Bonchev–Trinajstić information content (AvgIpc) is 3.37. The number of rotatable bonds is 11. The highest BCUT2D eigenvalue weighted by Crippen LogP contribution is 2.41. The molecule has 2 aliphatic rings. The van der Waals surface area contributed by atoms with Crippen LogP contribution in [0.15, 0.2) is 105 Å². The summed E-state index contributed by atoms with van der Waals surface area (Å²) in [5.74, 6) is -1.58. The zero-order chi connectivity index (χ0) is 58.6. The van der Waals surface area contributed by atoms with Crippen LogP contribution in [-0.2, 0) is 19.1 Å². The normalized spacial score (nSPS) is 19.1. The third-order valence-electron chi connectivity index (χ3n) is 11.3. The molecule has 2 saturated carbocycles. The summed E-state index contributed by atoms with van der Waals surface area (Å²) in [5.41, 5.74) is 14.8. The summed E-state index contributed by atoms with van der Waals surface area (Å²) >= 11 is 18.1. The van der Waals surface area contributed by atoms with E-state index in [4.69, 9.17) is 66.2 Å². The molecule has 430 valence electrons. The molecule has 77 heavy (non-hydrogen) atoms. The Bertz CT molecular complexity index is 2480. The molecule has 14 nitrogen and oxygen atoms in total. The zero-order valence-corrected chi connectivity index (χ0v) is 48.1. The summed E-state index contributed by atoms with van der Waals surface area (Å²) in [6.45, 7) is 22.4. The number of nitrogens with zero attached hydrogens (tertiary/aromatic N) is 3. The number of hydrogen-bond acceptors (Lipinski definition) is 11. The SMILES string of the molecule is C.C=O.CC.CC.CC(C)(C)OC(=O)C1(C)CC/C(=C(/N)CCl)C(=Nc2cccc(Cl)c2)C1.CC1(C(=O)O)CC/C(=C(/N)CNC(=O)N(CCC(F)(F)F)C(=N)c2ccc(O)cc2)C(=Nc2cccc(Cl)c2)C1.CCCC. The molecule has 0 radical (unpaired) electrons. The Morgan fingerprint density at radius 2 is 1.25 bits per heavy atom. The van der Waals surface area contributed by atoms with Crippen molar-refractivity contribution in [2.24, 2.45) is 32.3 Å². The van der Waals surface area contributed by atoms with Gasteiger partial charge in [0.15, 0.2) is 0 Å². The van der Waals surface area contributed by atoms with E-state index in [-0.39, 0.29) is 62.1 Å². The summed E-state index contributed by atoms with van der Waals surface area (Å²) in [4.78, 5) is 55.6. The van der Waals surface area contributed by atoms with Crippen LogP contribution in [0.3, 0.4) is 0 Å². The fourth-order valence-corrected chi connectivity index (χ4v) is 7.60. The van der Waals surface area contributed by atoms with Crippen molar-refractivity contribution in [1.29, 1.82) is 5.41 Å². The smallest absolute Gasteiger partial charge is 0.390 e. The van der Waals surface area contributed by atoms with E-state index in [0.29, 0.717) is 56.9 Å². The maximum Gasteiger partial charge on any atom is 0.390 e. The Balaban J connectivity index is 0. The highest BCUT2D eigenvalue weighted by Gasteiger charge is 2.43. The van der Waals surface area contributed by atoms with Gasteiger partial charge < -0.3 is 36.5 Å². The van der Waals surface area contributed by atoms with Gasteiger partial charge in [0.25, 0.3) is 0 Å². The predicted octanol–water partition coefficient (Wildman–Crippen LogP) is 15.3. The van der Waals surface area contributed by atoms with Crippen molar-refractivity contribution in [2.75, 3.05) is 19.0 Å². The Labute approximate surface area is 470 Å². The summed E-state index contributed by atoms with van der Waals surface area (Å²) in [6, 6.07) is 18.1. The molecule has 0 aromatic heterocycles. The lowest BCUT2D eigenvalue weighted by atomic mass is 9.72. The van der Waals surface area contributed by atoms with Gasteiger partial charge in [-0.15, -0.1) is 11.6 Å². The quantitative estimate of drug-likeness (QED) is 0.0463. The van der Waals surface area contributed by atoms with Gasteiger partial charge in [-0.05, 0) is 132 Å². The van der Waals surface area contributed by atoms with Crippen LogP contribution >= 0.6 is 34.8 Å². The molecule has 2 amide bonds. The van der Waals surface area contributed by atoms with Crippen LogP contribution in [0.2, 0.25) is 10.0 Å². The molecule has 20 heteroatoms. The molecular formula is C57H83Cl3F3N7O7. The minimum Gasteiger partial charge on any atom is -0.508 e. The van der Waals surface area contributed by atoms with Gasteiger partial charge in [0.1, 0.15) is 24.0 Å². The number of benzene rings is 3. The number of carbonyl (C=O) groups is 4. The number of carboxylic acids is 1. The number of phenols is 1. The standard InChI is InChI=1S/C27H29ClF3N5O4.C20H26Cl2N2O2.C4H10.2C2H6.CH2O.CH4/c1-26(24(38)39)10-9-20(22(14-26)35-18-4-2-3-17(28)13-18)21(32)15-34-25(40)36(12-11-27(29,30)31)23(33)16-5-7-19(37)8-6-16;1-19(2,3)26-18(25)20(4)9-8-15(16(23)12-21)17(11-20)24-14-7-5-6-13(22)10-14;1-3-4-2;3*1-2;/h2-8,13,33,37H,9-12,14-15,32H2,1H3,(H,34,40)(H,38,39);5-7,10H,8-9,11-12,23H2,1-4H3;3-4H2,1-2H3;2*1-2H3;1H2;1H4/b21-20-,33-23?,35-22?;16-15-,24-17?;;;;;. The first-order valence-corrected chi connectivity index (χ1v) is 26.4. The lowest BCUT2D eigenvalue weighted by Crippen LogP contribution is -2.46. The lowest BCUT2D eigenvalue weighted by molar-refractivity contribution is -0.167. The van der Waals surface area contributed by atoms with E-state index in [1.165, 1.54) is 37.1 Å². The third kappa shape index (κ3) is 25.4. The zero-order valence-electron chi connectivity index (χ0n) is 45.8. The van der Waals surface area contributed by atoms with Gasteiger partial charge in [-0.25, -0.2) is 4.79 Å². The number of alkyl halides is 4. The number of carboxylic acid groups (broad SMARTS) is 1. The number of aliphatic carboxylic acids is 1. The van der Waals surface area contributed by atoms with Crippen molar-refractivity contribution in [2.45, 2.75) is 153 Å². The maximum absolute atomic E-state index is 13.0. The van der Waals surface area contributed by atoms with E-state index >= 15 is 0 Å². The number of hydrogen-bond donors (Lipinski definition) is 6. The number of ether oxygens (including phenoxy) is 1. The molecule has 0 saturated heterocycles. The third-order valence-corrected chi connectivity index (χ3v) is 12.1. The minimum absolute atomic E-state index is 0. The first-order valence-electron chi connectivity index (χ1n) is 25.1. The number of aromatic hydroxyl groups is 1. The topological polar surface area (TPSA) is 234 Å². The second-order valence-electron chi connectivity index (χ2n) is 18.6. The number of aliphatic imine (C=N–C) groups is 2. The Kier molecular flexibility index (Phi) is 33.7. The molecule has 0 bridgehead atoms. The maximum atomic E-state index is 13.0. The number of allylic oxidation sites excluding steroid dienone is 3. The minimum atomic E-state index is -4.57. The fourth-order valence-electron chi connectivity index (χ4n) is 7.07. The van der Waals surface area contributed by atoms with Gasteiger partial charge in [-0.1, -0.05) is 97.1 Å². The van der Waals surface area contributed by atoms with Crippen LogP contribution in [0.5, 0.6) is 5.75 Å². The van der Waals surface area contributed by atoms with Crippen molar-refractivity contribution in [3.8, 4) is 5.75 Å².